The van der Waals surface area contributed by atoms with Crippen molar-refractivity contribution in [2.24, 2.45) is 0 Å². The molecule has 0 radical (unpaired) electrons. The van der Waals surface area contributed by atoms with Gasteiger partial charge in [-0.1, -0.05) is 17.7 Å². The van der Waals surface area contributed by atoms with Crippen LogP contribution in [0.5, 0.6) is 11.5 Å². The van der Waals surface area contributed by atoms with Gasteiger partial charge in [0.2, 0.25) is 0 Å². The van der Waals surface area contributed by atoms with Crippen LogP contribution in [0.15, 0.2) is 30.3 Å². The first-order chi connectivity index (χ1) is 9.08. The van der Waals surface area contributed by atoms with Crippen LogP contribution in [0.2, 0.25) is 4.34 Å². The molecule has 100 valence electrons. The van der Waals surface area contributed by atoms with E-state index < -0.39 is 5.91 Å². The third-order valence-corrected chi connectivity index (χ3v) is 3.82. The van der Waals surface area contributed by atoms with Gasteiger partial charge in [0.15, 0.2) is 0 Å². The lowest BCUT2D eigenvalue weighted by atomic mass is 10.1. The summed E-state index contributed by atoms with van der Waals surface area (Å²) in [5.74, 6) is -0.980. The summed E-state index contributed by atoms with van der Waals surface area (Å²) in [6, 6.07) is 7.88. The first kappa shape index (κ1) is 13.7. The maximum Gasteiger partial charge on any atom is 0.258 e. The van der Waals surface area contributed by atoms with Crippen molar-refractivity contribution in [1.29, 1.82) is 0 Å². The number of benzene rings is 1. The van der Waals surface area contributed by atoms with Crippen LogP contribution in [0.4, 0.5) is 0 Å². The molecule has 19 heavy (non-hydrogen) atoms. The molecule has 2 aromatic rings. The first-order valence-electron chi connectivity index (χ1n) is 5.61. The molecule has 2 rings (SSSR count). The van der Waals surface area contributed by atoms with Gasteiger partial charge < -0.3 is 15.5 Å². The van der Waals surface area contributed by atoms with Crippen molar-refractivity contribution < 1.29 is 15.0 Å². The van der Waals surface area contributed by atoms with Gasteiger partial charge in [-0.3, -0.25) is 4.79 Å². The molecule has 1 amide bonds. The molecule has 1 aromatic heterocycles. The Labute approximate surface area is 119 Å². The second kappa shape index (κ2) is 5.95. The molecule has 0 saturated carbocycles. The number of rotatable bonds is 4. The van der Waals surface area contributed by atoms with Crippen LogP contribution in [0.3, 0.4) is 0 Å². The Morgan fingerprint density at radius 3 is 2.47 bits per heavy atom. The zero-order chi connectivity index (χ0) is 13.8. The van der Waals surface area contributed by atoms with Gasteiger partial charge in [0.05, 0.1) is 4.34 Å². The fourth-order valence-electron chi connectivity index (χ4n) is 1.63. The van der Waals surface area contributed by atoms with Crippen LogP contribution in [0, 0.1) is 0 Å². The highest BCUT2D eigenvalue weighted by Gasteiger charge is 2.15. The Morgan fingerprint density at radius 1 is 1.21 bits per heavy atom. The van der Waals surface area contributed by atoms with Gasteiger partial charge in [-0.05, 0) is 30.7 Å². The number of amides is 1. The van der Waals surface area contributed by atoms with E-state index in [0.29, 0.717) is 17.3 Å². The molecule has 0 aliphatic carbocycles. The largest absolute Gasteiger partial charge is 0.507 e. The van der Waals surface area contributed by atoms with Crippen LogP contribution in [-0.4, -0.2) is 22.7 Å². The van der Waals surface area contributed by atoms with E-state index in [1.807, 2.05) is 6.07 Å². The summed E-state index contributed by atoms with van der Waals surface area (Å²) in [7, 11) is 0. The Hall–Kier alpha value is -1.72. The van der Waals surface area contributed by atoms with E-state index in [9.17, 15) is 15.0 Å². The Kier molecular flexibility index (Phi) is 4.29. The number of aromatic hydroxyl groups is 2. The lowest BCUT2D eigenvalue weighted by Crippen LogP contribution is -2.25. The lowest BCUT2D eigenvalue weighted by Gasteiger charge is -2.07. The van der Waals surface area contributed by atoms with Gasteiger partial charge >= 0.3 is 0 Å². The van der Waals surface area contributed by atoms with Crippen LogP contribution in [0.25, 0.3) is 0 Å². The number of carbonyl (C=O) groups is 1. The molecule has 0 unspecified atom stereocenters. The minimum absolute atomic E-state index is 0.105. The van der Waals surface area contributed by atoms with E-state index in [1.54, 1.807) is 6.07 Å². The standard InChI is InChI=1S/C13H12ClNO3S/c14-11-5-4-8(19-11)6-7-15-13(18)12-9(16)2-1-3-10(12)17/h1-5,16-17H,6-7H2,(H,15,18). The monoisotopic (exact) mass is 297 g/mol. The fourth-order valence-corrected chi connectivity index (χ4v) is 2.72. The van der Waals surface area contributed by atoms with Crippen LogP contribution < -0.4 is 5.32 Å². The Balaban J connectivity index is 1.94. The summed E-state index contributed by atoms with van der Waals surface area (Å²) < 4.78 is 0.708. The predicted molar refractivity (Wildman–Crippen MR) is 75.1 cm³/mol. The van der Waals surface area contributed by atoms with E-state index in [1.165, 1.54) is 29.5 Å². The number of hydrogen-bond donors (Lipinski definition) is 3. The molecular formula is C13H12ClNO3S. The molecule has 0 aliphatic rings. The number of phenolic OH excluding ortho intramolecular Hbond substituents is 2. The highest BCUT2D eigenvalue weighted by molar-refractivity contribution is 7.16. The number of thiophene rings is 1. The van der Waals surface area contributed by atoms with Gasteiger partial charge in [-0.2, -0.15) is 0 Å². The average Bonchev–Trinajstić information content (AvgIpc) is 2.75. The zero-order valence-electron chi connectivity index (χ0n) is 9.89. The SMILES string of the molecule is O=C(NCCc1ccc(Cl)s1)c1c(O)cccc1O. The second-order valence-corrected chi connectivity index (χ2v) is 5.68. The number of phenols is 2. The third kappa shape index (κ3) is 3.39. The van der Waals surface area contributed by atoms with Crippen LogP contribution >= 0.6 is 22.9 Å². The van der Waals surface area contributed by atoms with Crippen molar-refractivity contribution in [1.82, 2.24) is 5.32 Å². The molecule has 0 fully saturated rings. The molecule has 1 aromatic carbocycles. The van der Waals surface area contributed by atoms with E-state index in [-0.39, 0.29) is 17.1 Å². The zero-order valence-corrected chi connectivity index (χ0v) is 11.5. The molecular weight excluding hydrogens is 286 g/mol. The molecule has 0 saturated heterocycles. The number of halogens is 1. The molecule has 1 heterocycles. The summed E-state index contributed by atoms with van der Waals surface area (Å²) in [6.07, 6.45) is 0.650. The van der Waals surface area contributed by atoms with Crippen molar-refractivity contribution in [2.75, 3.05) is 6.54 Å². The molecule has 0 atom stereocenters. The molecule has 0 bridgehead atoms. The molecule has 4 nitrogen and oxygen atoms in total. The maximum atomic E-state index is 11.8. The second-order valence-electron chi connectivity index (χ2n) is 3.88. The van der Waals surface area contributed by atoms with Crippen molar-refractivity contribution >= 4 is 28.8 Å². The Bertz CT molecular complexity index is 577. The predicted octanol–water partition coefficient (Wildman–Crippen LogP) is 2.79. The minimum Gasteiger partial charge on any atom is -0.507 e. The highest BCUT2D eigenvalue weighted by Crippen LogP contribution is 2.26. The van der Waals surface area contributed by atoms with Gasteiger partial charge in [0.25, 0.3) is 5.91 Å². The van der Waals surface area contributed by atoms with Crippen LogP contribution in [0.1, 0.15) is 15.2 Å². The van der Waals surface area contributed by atoms with E-state index in [0.717, 1.165) is 4.88 Å². The van der Waals surface area contributed by atoms with E-state index in [2.05, 4.69) is 5.32 Å². The number of hydrogen-bond acceptors (Lipinski definition) is 4. The summed E-state index contributed by atoms with van der Waals surface area (Å²) in [5.41, 5.74) is -0.105. The Morgan fingerprint density at radius 2 is 1.89 bits per heavy atom. The smallest absolute Gasteiger partial charge is 0.258 e. The molecule has 0 aliphatic heterocycles. The quantitative estimate of drug-likeness (QED) is 0.813. The molecule has 3 N–H and O–H groups in total. The molecule has 6 heteroatoms. The number of nitrogens with one attached hydrogen (secondary N) is 1. The van der Waals surface area contributed by atoms with E-state index >= 15 is 0 Å². The van der Waals surface area contributed by atoms with Crippen molar-refractivity contribution in [3.8, 4) is 11.5 Å². The molecule has 0 spiro atoms. The summed E-state index contributed by atoms with van der Waals surface area (Å²) in [4.78, 5) is 12.9. The highest BCUT2D eigenvalue weighted by atomic mass is 35.5. The van der Waals surface area contributed by atoms with Crippen molar-refractivity contribution in [3.63, 3.8) is 0 Å². The summed E-state index contributed by atoms with van der Waals surface area (Å²) in [5, 5.41) is 21.7. The lowest BCUT2D eigenvalue weighted by molar-refractivity contribution is 0.0949. The van der Waals surface area contributed by atoms with Crippen molar-refractivity contribution in [2.45, 2.75) is 6.42 Å². The van der Waals surface area contributed by atoms with Gasteiger partial charge in [0, 0.05) is 11.4 Å². The number of carbonyl (C=O) groups excluding carboxylic acids is 1. The van der Waals surface area contributed by atoms with Gasteiger partial charge in [-0.25, -0.2) is 0 Å². The first-order valence-corrected chi connectivity index (χ1v) is 6.80. The third-order valence-electron chi connectivity index (χ3n) is 2.53. The van der Waals surface area contributed by atoms with E-state index in [4.69, 9.17) is 11.6 Å². The minimum atomic E-state index is -0.502. The maximum absolute atomic E-state index is 11.8. The normalized spacial score (nSPS) is 10.4. The summed E-state index contributed by atoms with van der Waals surface area (Å²) in [6.45, 7) is 0.406. The summed E-state index contributed by atoms with van der Waals surface area (Å²) >= 11 is 7.26. The van der Waals surface area contributed by atoms with Gasteiger partial charge in [-0.15, -0.1) is 11.3 Å². The van der Waals surface area contributed by atoms with Crippen LogP contribution in [-0.2, 0) is 6.42 Å². The topological polar surface area (TPSA) is 69.6 Å². The average molecular weight is 298 g/mol. The van der Waals surface area contributed by atoms with Gasteiger partial charge in [0.1, 0.15) is 17.1 Å². The van der Waals surface area contributed by atoms with Crippen molar-refractivity contribution in [3.05, 3.63) is 45.1 Å². The fraction of sp³-hybridized carbons (Fsp3) is 0.154.